The van der Waals surface area contributed by atoms with E-state index in [1.807, 2.05) is 42.5 Å². The van der Waals surface area contributed by atoms with Crippen LogP contribution in [0.1, 0.15) is 10.4 Å². The number of hydrogen-bond acceptors (Lipinski definition) is 4. The Morgan fingerprint density at radius 3 is 2.31 bits per heavy atom. The van der Waals surface area contributed by atoms with Crippen molar-refractivity contribution in [3.05, 3.63) is 108 Å². The highest BCUT2D eigenvalue weighted by molar-refractivity contribution is 7.92. The van der Waals surface area contributed by atoms with Gasteiger partial charge in [-0.1, -0.05) is 35.9 Å². The summed E-state index contributed by atoms with van der Waals surface area (Å²) in [6, 6.07) is 27.2. The van der Waals surface area contributed by atoms with Crippen LogP contribution in [0.2, 0.25) is 5.02 Å². The van der Waals surface area contributed by atoms with Crippen LogP contribution < -0.4 is 10.0 Å². The van der Waals surface area contributed by atoms with Gasteiger partial charge in [0, 0.05) is 27.5 Å². The molecule has 5 rings (SSSR count). The van der Waals surface area contributed by atoms with E-state index in [4.69, 9.17) is 11.6 Å². The molecule has 0 aliphatic heterocycles. The van der Waals surface area contributed by atoms with Gasteiger partial charge in [0.2, 0.25) is 0 Å². The molecule has 0 saturated heterocycles. The maximum absolute atomic E-state index is 12.8. The van der Waals surface area contributed by atoms with Crippen LogP contribution in [0.3, 0.4) is 0 Å². The van der Waals surface area contributed by atoms with Gasteiger partial charge in [0.05, 0.1) is 15.9 Å². The van der Waals surface area contributed by atoms with Crippen LogP contribution in [0, 0.1) is 0 Å². The van der Waals surface area contributed by atoms with E-state index < -0.39 is 10.0 Å². The molecule has 0 saturated carbocycles. The zero-order chi connectivity index (χ0) is 24.4. The van der Waals surface area contributed by atoms with E-state index >= 15 is 0 Å². The van der Waals surface area contributed by atoms with E-state index in [9.17, 15) is 13.2 Å². The van der Waals surface area contributed by atoms with Crippen LogP contribution in [0.25, 0.3) is 22.4 Å². The SMILES string of the molecule is O=C(Nc1cccc(-c2nc3ccccc3[nH]2)c1)c1ccc(NS(=O)(=O)c2ccc(Cl)cc2)cc1. The molecule has 0 radical (unpaired) electrons. The largest absolute Gasteiger partial charge is 0.338 e. The van der Waals surface area contributed by atoms with Crippen molar-refractivity contribution in [1.29, 1.82) is 0 Å². The lowest BCUT2D eigenvalue weighted by Crippen LogP contribution is -2.14. The molecule has 0 fully saturated rings. The zero-order valence-electron chi connectivity index (χ0n) is 18.2. The summed E-state index contributed by atoms with van der Waals surface area (Å²) in [7, 11) is -3.77. The molecule has 4 aromatic carbocycles. The highest BCUT2D eigenvalue weighted by atomic mass is 35.5. The molecular formula is C26H19ClN4O3S. The molecule has 35 heavy (non-hydrogen) atoms. The second-order valence-corrected chi connectivity index (χ2v) is 9.89. The van der Waals surface area contributed by atoms with Crippen molar-refractivity contribution in [2.75, 3.05) is 10.0 Å². The number of aromatic nitrogens is 2. The number of anilines is 2. The fourth-order valence-electron chi connectivity index (χ4n) is 3.55. The number of hydrogen-bond donors (Lipinski definition) is 3. The van der Waals surface area contributed by atoms with Crippen molar-refractivity contribution in [2.45, 2.75) is 4.90 Å². The number of carbonyl (C=O) groups is 1. The molecule has 0 aliphatic carbocycles. The third-order valence-corrected chi connectivity index (χ3v) is 6.96. The third kappa shape index (κ3) is 5.03. The van der Waals surface area contributed by atoms with E-state index in [2.05, 4.69) is 20.0 Å². The van der Waals surface area contributed by atoms with Gasteiger partial charge in [-0.25, -0.2) is 13.4 Å². The summed E-state index contributed by atoms with van der Waals surface area (Å²) in [4.78, 5) is 20.7. The normalized spacial score (nSPS) is 11.3. The van der Waals surface area contributed by atoms with Gasteiger partial charge in [0.25, 0.3) is 15.9 Å². The standard InChI is InChI=1S/C26H19ClN4O3S/c27-19-10-14-22(15-11-19)35(33,34)31-20-12-8-17(9-13-20)26(32)28-21-5-3-4-18(16-21)25-29-23-6-1-2-7-24(23)30-25/h1-16,31H,(H,28,32)(H,29,30). The minimum absolute atomic E-state index is 0.0908. The number of amides is 1. The van der Waals surface area contributed by atoms with Gasteiger partial charge in [-0.05, 0) is 72.8 Å². The van der Waals surface area contributed by atoms with E-state index in [1.54, 1.807) is 18.2 Å². The molecule has 0 bridgehead atoms. The first kappa shape index (κ1) is 22.6. The molecule has 0 atom stereocenters. The lowest BCUT2D eigenvalue weighted by atomic mass is 10.1. The van der Waals surface area contributed by atoms with Crippen LogP contribution in [-0.4, -0.2) is 24.3 Å². The molecule has 3 N–H and O–H groups in total. The topological polar surface area (TPSA) is 104 Å². The van der Waals surface area contributed by atoms with E-state index in [0.29, 0.717) is 27.8 Å². The lowest BCUT2D eigenvalue weighted by Gasteiger charge is -2.10. The van der Waals surface area contributed by atoms with E-state index in [-0.39, 0.29) is 10.8 Å². The van der Waals surface area contributed by atoms with Gasteiger partial charge in [-0.15, -0.1) is 0 Å². The second-order valence-electron chi connectivity index (χ2n) is 7.77. The maximum Gasteiger partial charge on any atom is 0.261 e. The van der Waals surface area contributed by atoms with Gasteiger partial charge in [-0.2, -0.15) is 0 Å². The average Bonchev–Trinajstić information content (AvgIpc) is 3.29. The number of nitrogens with zero attached hydrogens (tertiary/aromatic N) is 1. The van der Waals surface area contributed by atoms with Gasteiger partial charge in [0.15, 0.2) is 0 Å². The number of carbonyl (C=O) groups excluding carboxylic acids is 1. The predicted molar refractivity (Wildman–Crippen MR) is 138 cm³/mol. The average molecular weight is 503 g/mol. The van der Waals surface area contributed by atoms with Crippen molar-refractivity contribution in [3.63, 3.8) is 0 Å². The summed E-state index contributed by atoms with van der Waals surface area (Å²) >= 11 is 5.83. The number of fused-ring (bicyclic) bond motifs is 1. The van der Waals surface area contributed by atoms with Gasteiger partial charge >= 0.3 is 0 Å². The molecule has 0 aliphatic rings. The summed E-state index contributed by atoms with van der Waals surface area (Å²) in [5.41, 5.74) is 3.97. The Bertz CT molecular complexity index is 1600. The van der Waals surface area contributed by atoms with Crippen LogP contribution in [0.15, 0.2) is 102 Å². The first-order valence-corrected chi connectivity index (χ1v) is 12.5. The molecule has 9 heteroatoms. The smallest absolute Gasteiger partial charge is 0.261 e. The zero-order valence-corrected chi connectivity index (χ0v) is 19.8. The Balaban J connectivity index is 1.29. The number of imidazole rings is 1. The Kier molecular flexibility index (Phi) is 5.98. The van der Waals surface area contributed by atoms with Crippen molar-refractivity contribution >= 4 is 49.9 Å². The summed E-state index contributed by atoms with van der Waals surface area (Å²) in [5, 5.41) is 3.32. The van der Waals surface area contributed by atoms with E-state index in [1.165, 1.54) is 36.4 Å². The number of para-hydroxylation sites is 2. The predicted octanol–water partition coefficient (Wildman–Crippen LogP) is 5.94. The Morgan fingerprint density at radius 1 is 0.829 bits per heavy atom. The number of benzene rings is 4. The molecule has 7 nitrogen and oxygen atoms in total. The molecule has 5 aromatic rings. The summed E-state index contributed by atoms with van der Waals surface area (Å²) < 4.78 is 27.6. The third-order valence-electron chi connectivity index (χ3n) is 5.31. The van der Waals surface area contributed by atoms with Crippen molar-refractivity contribution in [3.8, 4) is 11.4 Å². The number of nitrogens with one attached hydrogen (secondary N) is 3. The highest BCUT2D eigenvalue weighted by Gasteiger charge is 2.15. The molecule has 1 amide bonds. The maximum atomic E-state index is 12.8. The number of halogens is 1. The van der Waals surface area contributed by atoms with Crippen LogP contribution in [0.4, 0.5) is 11.4 Å². The lowest BCUT2D eigenvalue weighted by molar-refractivity contribution is 0.102. The number of aromatic amines is 1. The molecule has 0 unspecified atom stereocenters. The molecule has 1 aromatic heterocycles. The highest BCUT2D eigenvalue weighted by Crippen LogP contribution is 2.24. The van der Waals surface area contributed by atoms with Crippen molar-refractivity contribution in [1.82, 2.24) is 9.97 Å². The summed E-state index contributed by atoms with van der Waals surface area (Å²) in [6.07, 6.45) is 0. The monoisotopic (exact) mass is 502 g/mol. The second kappa shape index (κ2) is 9.25. The van der Waals surface area contributed by atoms with Crippen molar-refractivity contribution < 1.29 is 13.2 Å². The number of H-pyrrole nitrogens is 1. The number of sulfonamides is 1. The van der Waals surface area contributed by atoms with Crippen LogP contribution >= 0.6 is 11.6 Å². The minimum Gasteiger partial charge on any atom is -0.338 e. The molecule has 1 heterocycles. The first-order chi connectivity index (χ1) is 16.9. The Morgan fingerprint density at radius 2 is 1.57 bits per heavy atom. The Labute approximate surface area is 206 Å². The molecular weight excluding hydrogens is 484 g/mol. The quantitative estimate of drug-likeness (QED) is 0.267. The van der Waals surface area contributed by atoms with Gasteiger partial charge in [0.1, 0.15) is 5.82 Å². The minimum atomic E-state index is -3.77. The fourth-order valence-corrected chi connectivity index (χ4v) is 4.74. The fraction of sp³-hybridized carbons (Fsp3) is 0. The van der Waals surface area contributed by atoms with Crippen LogP contribution in [0.5, 0.6) is 0 Å². The van der Waals surface area contributed by atoms with Crippen LogP contribution in [-0.2, 0) is 10.0 Å². The number of rotatable bonds is 6. The molecule has 174 valence electrons. The van der Waals surface area contributed by atoms with E-state index in [0.717, 1.165) is 16.6 Å². The van der Waals surface area contributed by atoms with Crippen molar-refractivity contribution in [2.24, 2.45) is 0 Å². The summed E-state index contributed by atoms with van der Waals surface area (Å²) in [5.74, 6) is 0.387. The molecule has 0 spiro atoms. The summed E-state index contributed by atoms with van der Waals surface area (Å²) in [6.45, 7) is 0. The van der Waals surface area contributed by atoms with Gasteiger partial charge in [-0.3, -0.25) is 9.52 Å². The first-order valence-electron chi connectivity index (χ1n) is 10.6. The van der Waals surface area contributed by atoms with Gasteiger partial charge < -0.3 is 10.3 Å². The Hall–Kier alpha value is -4.14.